The van der Waals surface area contributed by atoms with Crippen LogP contribution in [0.25, 0.3) is 10.8 Å². The van der Waals surface area contributed by atoms with Crippen molar-refractivity contribution in [2.24, 2.45) is 5.73 Å². The maximum Gasteiger partial charge on any atom is 0.158 e. The molecule has 0 unspecified atom stereocenters. The second-order valence-electron chi connectivity index (χ2n) is 9.11. The van der Waals surface area contributed by atoms with Crippen LogP contribution in [0.3, 0.4) is 0 Å². The lowest BCUT2D eigenvalue weighted by Gasteiger charge is -2.44. The van der Waals surface area contributed by atoms with Crippen LogP contribution in [-0.2, 0) is 0 Å². The maximum atomic E-state index is 9.36. The lowest BCUT2D eigenvalue weighted by atomic mass is 9.99. The van der Waals surface area contributed by atoms with Crippen molar-refractivity contribution in [2.75, 3.05) is 36.4 Å². The molecule has 0 radical (unpaired) electrons. The monoisotopic (exact) mass is 442 g/mol. The van der Waals surface area contributed by atoms with Crippen molar-refractivity contribution in [1.82, 2.24) is 20.1 Å². The average molecular weight is 443 g/mol. The third kappa shape index (κ3) is 4.10. The Morgan fingerprint density at radius 3 is 2.88 bits per heavy atom. The van der Waals surface area contributed by atoms with Crippen molar-refractivity contribution in [3.8, 4) is 6.07 Å². The molecule has 8 nitrogen and oxygen atoms in total. The van der Waals surface area contributed by atoms with Gasteiger partial charge in [-0.15, -0.1) is 5.10 Å². The zero-order chi connectivity index (χ0) is 22.9. The van der Waals surface area contributed by atoms with E-state index >= 15 is 0 Å². The number of pyridine rings is 1. The molecule has 1 aromatic carbocycles. The van der Waals surface area contributed by atoms with Crippen LogP contribution in [0.15, 0.2) is 30.5 Å². The molecule has 170 valence electrons. The van der Waals surface area contributed by atoms with Crippen LogP contribution in [-0.4, -0.2) is 52.3 Å². The van der Waals surface area contributed by atoms with E-state index < -0.39 is 6.17 Å². The molecule has 2 aliphatic heterocycles. The van der Waals surface area contributed by atoms with Gasteiger partial charge in [0.1, 0.15) is 12.0 Å². The number of hydrogen-bond acceptors (Lipinski definition) is 8. The molecule has 3 N–H and O–H groups in total. The molecule has 0 bridgehead atoms. The van der Waals surface area contributed by atoms with Crippen molar-refractivity contribution >= 4 is 22.4 Å². The molecule has 2 aliphatic rings. The molecular formula is C25H30N8. The number of aromatic nitrogens is 3. The Morgan fingerprint density at radius 2 is 2.03 bits per heavy atom. The molecule has 2 saturated heterocycles. The summed E-state index contributed by atoms with van der Waals surface area (Å²) in [6.45, 7) is 8.16. The number of piperazine rings is 1. The molecule has 2 fully saturated rings. The second kappa shape index (κ2) is 8.93. The number of nitrogens with zero attached hydrogens (tertiary/aromatic N) is 6. The van der Waals surface area contributed by atoms with E-state index in [0.717, 1.165) is 53.0 Å². The number of benzene rings is 1. The lowest BCUT2D eigenvalue weighted by Crippen LogP contribution is -2.55. The zero-order valence-corrected chi connectivity index (χ0v) is 19.3. The van der Waals surface area contributed by atoms with Gasteiger partial charge in [0, 0.05) is 42.6 Å². The van der Waals surface area contributed by atoms with Crippen molar-refractivity contribution < 1.29 is 0 Å². The molecule has 2 atom stereocenters. The molecule has 33 heavy (non-hydrogen) atoms. The van der Waals surface area contributed by atoms with Crippen LogP contribution < -0.4 is 16.0 Å². The van der Waals surface area contributed by atoms with Gasteiger partial charge in [0.2, 0.25) is 0 Å². The number of hydrogen-bond donors (Lipinski definition) is 2. The minimum atomic E-state index is -0.513. The molecule has 2 aromatic heterocycles. The first kappa shape index (κ1) is 21.6. The highest BCUT2D eigenvalue weighted by atomic mass is 15.3. The van der Waals surface area contributed by atoms with Gasteiger partial charge in [-0.3, -0.25) is 4.90 Å². The Kier molecular flexibility index (Phi) is 5.83. The average Bonchev–Trinajstić information content (AvgIpc) is 2.85. The molecule has 0 saturated carbocycles. The molecule has 8 heteroatoms. The first-order valence-electron chi connectivity index (χ1n) is 11.7. The first-order valence-corrected chi connectivity index (χ1v) is 11.7. The van der Waals surface area contributed by atoms with Gasteiger partial charge in [0.05, 0.1) is 17.3 Å². The fourth-order valence-corrected chi connectivity index (χ4v) is 5.14. The zero-order valence-electron chi connectivity index (χ0n) is 19.3. The van der Waals surface area contributed by atoms with Crippen LogP contribution >= 0.6 is 0 Å². The number of rotatable bonds is 4. The molecule has 0 aliphatic carbocycles. The summed E-state index contributed by atoms with van der Waals surface area (Å²) in [5, 5.41) is 23.4. The Morgan fingerprint density at radius 1 is 1.15 bits per heavy atom. The van der Waals surface area contributed by atoms with Gasteiger partial charge in [-0.05, 0) is 56.5 Å². The summed E-state index contributed by atoms with van der Waals surface area (Å²) < 4.78 is 0. The Bertz CT molecular complexity index is 1220. The number of nitrogens with two attached hydrogens (primary N) is 1. The van der Waals surface area contributed by atoms with Crippen molar-refractivity contribution in [3.05, 3.63) is 52.8 Å². The largest absolute Gasteiger partial charge is 0.354 e. The predicted molar refractivity (Wildman–Crippen MR) is 130 cm³/mol. The summed E-state index contributed by atoms with van der Waals surface area (Å²) in [5.41, 5.74) is 9.71. The predicted octanol–water partition coefficient (Wildman–Crippen LogP) is 3.26. The van der Waals surface area contributed by atoms with Crippen LogP contribution in [0.2, 0.25) is 0 Å². The van der Waals surface area contributed by atoms with E-state index in [2.05, 4.69) is 37.4 Å². The minimum absolute atomic E-state index is 0.513. The molecule has 4 heterocycles. The minimum Gasteiger partial charge on any atom is -0.354 e. The van der Waals surface area contributed by atoms with E-state index in [0.29, 0.717) is 17.4 Å². The topological polar surface area (TPSA) is 107 Å². The van der Waals surface area contributed by atoms with Crippen LogP contribution in [0.1, 0.15) is 47.8 Å². The van der Waals surface area contributed by atoms with Crippen molar-refractivity contribution in [3.63, 3.8) is 0 Å². The standard InChI is InChI=1S/C25H30N8/c1-16-18(13-26)6-5-8-20(16)24(27)29-25-21-12-23(28-14-22(21)17(2)30-31-25)33-11-10-32-9-4-3-7-19(32)15-33/h5-6,8,12,14,19,24H,3-4,7,9-11,15,27H2,1-2H3,(H,29,31)/t19-,24+/m1/s1. The summed E-state index contributed by atoms with van der Waals surface area (Å²) in [5.74, 6) is 1.60. The number of aryl methyl sites for hydroxylation is 1. The smallest absolute Gasteiger partial charge is 0.158 e. The summed E-state index contributed by atoms with van der Waals surface area (Å²) in [7, 11) is 0. The maximum absolute atomic E-state index is 9.36. The molecular weight excluding hydrogens is 412 g/mol. The fourth-order valence-electron chi connectivity index (χ4n) is 5.14. The van der Waals surface area contributed by atoms with E-state index in [1.54, 1.807) is 6.07 Å². The summed E-state index contributed by atoms with van der Waals surface area (Å²) in [4.78, 5) is 9.81. The van der Waals surface area contributed by atoms with Crippen molar-refractivity contribution in [2.45, 2.75) is 45.3 Å². The highest BCUT2D eigenvalue weighted by Gasteiger charge is 2.29. The second-order valence-corrected chi connectivity index (χ2v) is 9.11. The number of anilines is 2. The number of fused-ring (bicyclic) bond motifs is 2. The summed E-state index contributed by atoms with van der Waals surface area (Å²) in [6.07, 6.45) is 5.28. The SMILES string of the molecule is Cc1c(C#N)cccc1[C@@H](N)Nc1nnc(C)c2cnc(N3CCN4CCCC[C@@H]4C3)cc12. The van der Waals surface area contributed by atoms with Gasteiger partial charge in [-0.2, -0.15) is 10.4 Å². The van der Waals surface area contributed by atoms with Crippen molar-refractivity contribution in [1.29, 1.82) is 5.26 Å². The number of piperidine rings is 1. The van der Waals surface area contributed by atoms with E-state index in [9.17, 15) is 5.26 Å². The molecule has 0 spiro atoms. The fraction of sp³-hybridized carbons (Fsp3) is 0.440. The molecule has 3 aromatic rings. The Hall–Kier alpha value is -3.28. The van der Waals surface area contributed by atoms with Gasteiger partial charge in [-0.25, -0.2) is 4.98 Å². The first-order chi connectivity index (χ1) is 16.0. The normalized spacial score (nSPS) is 19.7. The summed E-state index contributed by atoms with van der Waals surface area (Å²) in [6, 6.07) is 10.6. The van der Waals surface area contributed by atoms with Gasteiger partial charge < -0.3 is 16.0 Å². The van der Waals surface area contributed by atoms with E-state index in [4.69, 9.17) is 10.7 Å². The molecule has 0 amide bonds. The van der Waals surface area contributed by atoms with Gasteiger partial charge in [-0.1, -0.05) is 18.6 Å². The van der Waals surface area contributed by atoms with Gasteiger partial charge in [0.25, 0.3) is 0 Å². The summed E-state index contributed by atoms with van der Waals surface area (Å²) >= 11 is 0. The highest BCUT2D eigenvalue weighted by molar-refractivity contribution is 5.94. The van der Waals surface area contributed by atoms with E-state index in [1.165, 1.54) is 25.8 Å². The quantitative estimate of drug-likeness (QED) is 0.593. The highest BCUT2D eigenvalue weighted by Crippen LogP contribution is 2.30. The Balaban J connectivity index is 1.46. The third-order valence-corrected chi connectivity index (χ3v) is 7.12. The van der Waals surface area contributed by atoms with Crippen LogP contribution in [0.5, 0.6) is 0 Å². The number of nitrogens with one attached hydrogen (secondary N) is 1. The van der Waals surface area contributed by atoms with Crippen LogP contribution in [0, 0.1) is 25.2 Å². The lowest BCUT2D eigenvalue weighted by molar-refractivity contribution is 0.133. The van der Waals surface area contributed by atoms with E-state index in [1.807, 2.05) is 32.2 Å². The van der Waals surface area contributed by atoms with Gasteiger partial charge in [0.15, 0.2) is 5.82 Å². The number of nitriles is 1. The Labute approximate surface area is 194 Å². The van der Waals surface area contributed by atoms with E-state index in [-0.39, 0.29) is 0 Å². The van der Waals surface area contributed by atoms with Crippen LogP contribution in [0.4, 0.5) is 11.6 Å². The van der Waals surface area contributed by atoms with Gasteiger partial charge >= 0.3 is 0 Å². The molecule has 5 rings (SSSR count). The third-order valence-electron chi connectivity index (χ3n) is 7.12.